The third kappa shape index (κ3) is 2.65. The summed E-state index contributed by atoms with van der Waals surface area (Å²) in [4.78, 5) is 30.3. The van der Waals surface area contributed by atoms with Crippen molar-refractivity contribution in [1.29, 1.82) is 0 Å². The van der Waals surface area contributed by atoms with Crippen molar-refractivity contribution in [2.24, 2.45) is 0 Å². The number of rotatable bonds is 3. The van der Waals surface area contributed by atoms with Crippen molar-refractivity contribution >= 4 is 21.8 Å². The predicted octanol–water partition coefficient (Wildman–Crippen LogP) is 1.60. The second kappa shape index (κ2) is 6.17. The maximum atomic E-state index is 12.9. The smallest absolute Gasteiger partial charge is 0.265 e. The van der Waals surface area contributed by atoms with Crippen LogP contribution in [0.1, 0.15) is 12.8 Å². The van der Waals surface area contributed by atoms with E-state index in [0.29, 0.717) is 34.2 Å². The molecule has 0 bridgehead atoms. The first-order valence-corrected chi connectivity index (χ1v) is 8.87. The van der Waals surface area contributed by atoms with Crippen LogP contribution in [0.2, 0.25) is 0 Å². The van der Waals surface area contributed by atoms with Crippen LogP contribution in [0.5, 0.6) is 0 Å². The number of nitrogens with one attached hydrogen (secondary N) is 1. The van der Waals surface area contributed by atoms with E-state index in [1.54, 1.807) is 41.4 Å². The van der Waals surface area contributed by atoms with Crippen LogP contribution in [0.4, 0.5) is 0 Å². The number of fused-ring (bicyclic) bond motifs is 2. The Bertz CT molecular complexity index is 1250. The van der Waals surface area contributed by atoms with Gasteiger partial charge in [-0.3, -0.25) is 19.3 Å². The first-order valence-electron chi connectivity index (χ1n) is 8.87. The molecule has 1 fully saturated rings. The minimum Gasteiger partial charge on any atom is -0.376 e. The molecule has 4 aromatic rings. The van der Waals surface area contributed by atoms with Crippen LogP contribution in [-0.4, -0.2) is 37.0 Å². The van der Waals surface area contributed by atoms with E-state index in [4.69, 9.17) is 4.74 Å². The van der Waals surface area contributed by atoms with Gasteiger partial charge in [0.15, 0.2) is 0 Å². The summed E-state index contributed by atoms with van der Waals surface area (Å²) in [5, 5.41) is 7.48. The second-order valence-corrected chi connectivity index (χ2v) is 6.70. The van der Waals surface area contributed by atoms with E-state index < -0.39 is 0 Å². The van der Waals surface area contributed by atoms with Crippen LogP contribution >= 0.6 is 0 Å². The highest BCUT2D eigenvalue weighted by atomic mass is 16.5. The normalized spacial score (nSPS) is 17.1. The molecule has 5 rings (SSSR count). The lowest BCUT2D eigenvalue weighted by atomic mass is 10.2. The quantitative estimate of drug-likeness (QED) is 0.558. The Morgan fingerprint density at radius 1 is 1.11 bits per heavy atom. The fourth-order valence-corrected chi connectivity index (χ4v) is 3.59. The summed E-state index contributed by atoms with van der Waals surface area (Å²) >= 11 is 0. The van der Waals surface area contributed by atoms with Crippen molar-refractivity contribution < 1.29 is 4.74 Å². The molecule has 1 aliphatic rings. The van der Waals surface area contributed by atoms with E-state index in [9.17, 15) is 9.59 Å². The van der Waals surface area contributed by atoms with Crippen molar-refractivity contribution in [2.75, 3.05) is 6.61 Å². The van der Waals surface area contributed by atoms with Gasteiger partial charge in [0.25, 0.3) is 11.1 Å². The Morgan fingerprint density at radius 3 is 2.67 bits per heavy atom. The highest BCUT2D eigenvalue weighted by Gasteiger charge is 2.17. The average Bonchev–Trinajstić information content (AvgIpc) is 3.38. The van der Waals surface area contributed by atoms with E-state index in [-0.39, 0.29) is 17.2 Å². The van der Waals surface area contributed by atoms with Crippen LogP contribution in [-0.2, 0) is 11.3 Å². The SMILES string of the molecule is O=c1c2cc3c(=O)n(-c4ccn[nH]4)ccc3nc2ccn1C[C@@H]1CCCO1. The van der Waals surface area contributed by atoms with Gasteiger partial charge >= 0.3 is 0 Å². The molecule has 8 nitrogen and oxygen atoms in total. The third-order valence-corrected chi connectivity index (χ3v) is 4.99. The number of hydrogen-bond acceptors (Lipinski definition) is 5. The Balaban J connectivity index is 1.69. The number of H-pyrrole nitrogens is 1. The number of hydrogen-bond donors (Lipinski definition) is 1. The summed E-state index contributed by atoms with van der Waals surface area (Å²) in [5.74, 6) is 0.561. The second-order valence-electron chi connectivity index (χ2n) is 6.70. The predicted molar refractivity (Wildman–Crippen MR) is 100 cm³/mol. The Morgan fingerprint density at radius 2 is 1.93 bits per heavy atom. The van der Waals surface area contributed by atoms with E-state index in [0.717, 1.165) is 19.4 Å². The van der Waals surface area contributed by atoms with E-state index in [2.05, 4.69) is 15.2 Å². The van der Waals surface area contributed by atoms with Gasteiger partial charge in [-0.15, -0.1) is 0 Å². The number of aromatic amines is 1. The third-order valence-electron chi connectivity index (χ3n) is 4.99. The zero-order valence-electron chi connectivity index (χ0n) is 14.5. The molecule has 1 aliphatic heterocycles. The zero-order valence-corrected chi connectivity index (χ0v) is 14.5. The molecule has 0 aliphatic carbocycles. The van der Waals surface area contributed by atoms with Gasteiger partial charge in [0.1, 0.15) is 5.82 Å². The van der Waals surface area contributed by atoms with Crippen molar-refractivity contribution in [1.82, 2.24) is 24.3 Å². The molecule has 0 saturated carbocycles. The molecule has 5 heterocycles. The van der Waals surface area contributed by atoms with Crippen LogP contribution in [0.15, 0.2) is 52.4 Å². The summed E-state index contributed by atoms with van der Waals surface area (Å²) in [7, 11) is 0. The lowest BCUT2D eigenvalue weighted by Crippen LogP contribution is -2.26. The van der Waals surface area contributed by atoms with Gasteiger partial charge in [-0.1, -0.05) is 0 Å². The van der Waals surface area contributed by atoms with Crippen molar-refractivity contribution in [3.05, 3.63) is 63.6 Å². The van der Waals surface area contributed by atoms with Crippen molar-refractivity contribution in [3.63, 3.8) is 0 Å². The number of aromatic nitrogens is 5. The molecule has 0 aromatic carbocycles. The number of nitrogens with zero attached hydrogens (tertiary/aromatic N) is 4. The Labute approximate surface area is 153 Å². The average molecular weight is 363 g/mol. The first-order chi connectivity index (χ1) is 13.2. The van der Waals surface area contributed by atoms with Gasteiger partial charge in [-0.25, -0.2) is 4.98 Å². The fraction of sp³-hybridized carbons (Fsp3) is 0.263. The molecule has 8 heteroatoms. The van der Waals surface area contributed by atoms with Crippen LogP contribution in [0.3, 0.4) is 0 Å². The van der Waals surface area contributed by atoms with E-state index in [1.807, 2.05) is 6.07 Å². The van der Waals surface area contributed by atoms with Gasteiger partial charge in [0.2, 0.25) is 0 Å². The lowest BCUT2D eigenvalue weighted by molar-refractivity contribution is 0.0963. The van der Waals surface area contributed by atoms with Gasteiger partial charge in [0.05, 0.1) is 40.7 Å². The molecule has 1 atom stereocenters. The van der Waals surface area contributed by atoms with Crippen molar-refractivity contribution in [2.45, 2.75) is 25.5 Å². The van der Waals surface area contributed by atoms with Crippen molar-refractivity contribution in [3.8, 4) is 5.82 Å². The molecule has 0 unspecified atom stereocenters. The fourth-order valence-electron chi connectivity index (χ4n) is 3.59. The minimum absolute atomic E-state index is 0.0613. The largest absolute Gasteiger partial charge is 0.376 e. The molecule has 1 saturated heterocycles. The molecule has 0 amide bonds. The number of pyridine rings is 3. The monoisotopic (exact) mass is 363 g/mol. The maximum Gasteiger partial charge on any atom is 0.265 e. The summed E-state index contributed by atoms with van der Waals surface area (Å²) in [6, 6.07) is 6.91. The summed E-state index contributed by atoms with van der Waals surface area (Å²) in [5.41, 5.74) is 0.725. The molecule has 4 aromatic heterocycles. The molecule has 27 heavy (non-hydrogen) atoms. The zero-order chi connectivity index (χ0) is 18.4. The first kappa shape index (κ1) is 16.0. The molecule has 136 valence electrons. The molecule has 1 N–H and O–H groups in total. The van der Waals surface area contributed by atoms with Crippen LogP contribution in [0, 0.1) is 0 Å². The highest BCUT2D eigenvalue weighted by molar-refractivity contribution is 5.91. The van der Waals surface area contributed by atoms with Gasteiger partial charge in [-0.05, 0) is 31.0 Å². The minimum atomic E-state index is -0.250. The van der Waals surface area contributed by atoms with E-state index >= 15 is 0 Å². The van der Waals surface area contributed by atoms with Gasteiger partial charge in [-0.2, -0.15) is 5.10 Å². The van der Waals surface area contributed by atoms with Gasteiger partial charge < -0.3 is 9.30 Å². The molecular weight excluding hydrogens is 346 g/mol. The van der Waals surface area contributed by atoms with Gasteiger partial charge in [0, 0.05) is 25.1 Å². The molecule has 0 spiro atoms. The van der Waals surface area contributed by atoms with Crippen LogP contribution < -0.4 is 11.1 Å². The summed E-state index contributed by atoms with van der Waals surface area (Å²) in [6.07, 6.45) is 7.01. The highest BCUT2D eigenvalue weighted by Crippen LogP contribution is 2.17. The Kier molecular flexibility index (Phi) is 3.64. The topological polar surface area (TPSA) is 94.8 Å². The maximum absolute atomic E-state index is 12.9. The molecular formula is C19H17N5O3. The standard InChI is InChI=1S/C19H17N5O3/c25-18-13-10-14-16(5-8-24(19(14)26)17-3-6-20-22-17)21-15(13)4-7-23(18)11-12-2-1-9-27-12/h3-8,10,12H,1-2,9,11H2,(H,20,22)/t12-/m0/s1. The van der Waals surface area contributed by atoms with Crippen LogP contribution in [0.25, 0.3) is 27.6 Å². The van der Waals surface area contributed by atoms with E-state index in [1.165, 1.54) is 4.57 Å². The summed E-state index contributed by atoms with van der Waals surface area (Å²) in [6.45, 7) is 1.26. The molecule has 0 radical (unpaired) electrons. The summed E-state index contributed by atoms with van der Waals surface area (Å²) < 4.78 is 8.73. The Hall–Kier alpha value is -3.26. The number of ether oxygens (including phenoxy) is 1. The lowest BCUT2D eigenvalue weighted by Gasteiger charge is -2.12.